The van der Waals surface area contributed by atoms with E-state index >= 15 is 0 Å². The molecule has 0 radical (unpaired) electrons. The van der Waals surface area contributed by atoms with Crippen LogP contribution in [0.1, 0.15) is 24.2 Å². The lowest BCUT2D eigenvalue weighted by molar-refractivity contribution is 0.0894. The molecule has 0 bridgehead atoms. The molecule has 2 N–H and O–H groups in total. The zero-order valence-corrected chi connectivity index (χ0v) is 10.4. The number of carbonyl (C=O) groups excluding carboxylic acids is 1. The first-order valence-corrected chi connectivity index (χ1v) is 5.65. The highest BCUT2D eigenvalue weighted by Gasteiger charge is 2.18. The Balaban J connectivity index is 2.82. The fraction of sp³-hybridized carbons (Fsp3) is 0.462. The molecule has 0 aliphatic rings. The molecule has 4 heteroatoms. The van der Waals surface area contributed by atoms with Crippen LogP contribution >= 0.6 is 0 Å². The molecule has 0 saturated carbocycles. The summed E-state index contributed by atoms with van der Waals surface area (Å²) in [6.45, 7) is 3.82. The SMILES string of the molecule is COc1ccccc1C(=O)N[C@H](CO)C(C)C. The van der Waals surface area contributed by atoms with Crippen LogP contribution in [-0.4, -0.2) is 30.8 Å². The van der Waals surface area contributed by atoms with Crippen molar-refractivity contribution in [3.05, 3.63) is 29.8 Å². The number of hydrogen-bond acceptors (Lipinski definition) is 3. The van der Waals surface area contributed by atoms with Crippen molar-refractivity contribution in [3.8, 4) is 5.75 Å². The lowest BCUT2D eigenvalue weighted by Crippen LogP contribution is -2.41. The Morgan fingerprint density at radius 1 is 1.41 bits per heavy atom. The lowest BCUT2D eigenvalue weighted by Gasteiger charge is -2.20. The molecule has 0 heterocycles. The van der Waals surface area contributed by atoms with Crippen LogP contribution in [0.2, 0.25) is 0 Å². The topological polar surface area (TPSA) is 58.6 Å². The number of ether oxygens (including phenoxy) is 1. The molecule has 1 aromatic carbocycles. The maximum Gasteiger partial charge on any atom is 0.255 e. The largest absolute Gasteiger partial charge is 0.496 e. The van der Waals surface area contributed by atoms with E-state index in [1.54, 1.807) is 18.2 Å². The number of rotatable bonds is 5. The van der Waals surface area contributed by atoms with E-state index in [2.05, 4.69) is 5.32 Å². The van der Waals surface area contributed by atoms with Gasteiger partial charge in [0, 0.05) is 0 Å². The van der Waals surface area contributed by atoms with Gasteiger partial charge in [-0.1, -0.05) is 26.0 Å². The Morgan fingerprint density at radius 2 is 2.06 bits per heavy atom. The third kappa shape index (κ3) is 3.46. The number of benzene rings is 1. The Labute approximate surface area is 102 Å². The van der Waals surface area contributed by atoms with Gasteiger partial charge in [-0.2, -0.15) is 0 Å². The Morgan fingerprint density at radius 3 is 2.59 bits per heavy atom. The lowest BCUT2D eigenvalue weighted by atomic mass is 10.0. The van der Waals surface area contributed by atoms with E-state index in [1.165, 1.54) is 7.11 Å². The van der Waals surface area contributed by atoms with Crippen LogP contribution in [-0.2, 0) is 0 Å². The van der Waals surface area contributed by atoms with Gasteiger partial charge >= 0.3 is 0 Å². The minimum Gasteiger partial charge on any atom is -0.496 e. The van der Waals surface area contributed by atoms with Crippen LogP contribution in [0, 0.1) is 5.92 Å². The highest BCUT2D eigenvalue weighted by atomic mass is 16.5. The second kappa shape index (κ2) is 6.25. The van der Waals surface area contributed by atoms with Gasteiger partial charge in [0.2, 0.25) is 0 Å². The molecule has 1 rings (SSSR count). The average molecular weight is 237 g/mol. The summed E-state index contributed by atoms with van der Waals surface area (Å²) in [7, 11) is 1.53. The van der Waals surface area contributed by atoms with E-state index in [4.69, 9.17) is 4.74 Å². The number of methoxy groups -OCH3 is 1. The summed E-state index contributed by atoms with van der Waals surface area (Å²) in [5.41, 5.74) is 0.481. The molecular formula is C13H19NO3. The van der Waals surface area contributed by atoms with E-state index in [-0.39, 0.29) is 24.5 Å². The van der Waals surface area contributed by atoms with Gasteiger partial charge in [0.05, 0.1) is 25.3 Å². The number of carbonyl (C=O) groups is 1. The molecule has 94 valence electrons. The van der Waals surface area contributed by atoms with E-state index < -0.39 is 0 Å². The van der Waals surface area contributed by atoms with Crippen molar-refractivity contribution in [1.29, 1.82) is 0 Å². The van der Waals surface area contributed by atoms with Crippen LogP contribution in [0.3, 0.4) is 0 Å². The number of amides is 1. The third-order valence-corrected chi connectivity index (χ3v) is 2.67. The van der Waals surface area contributed by atoms with Gasteiger partial charge in [-0.3, -0.25) is 4.79 Å². The van der Waals surface area contributed by atoms with Crippen LogP contribution in [0.15, 0.2) is 24.3 Å². The highest BCUT2D eigenvalue weighted by molar-refractivity contribution is 5.97. The first-order valence-electron chi connectivity index (χ1n) is 5.65. The van der Waals surface area contributed by atoms with Gasteiger partial charge in [-0.25, -0.2) is 0 Å². The van der Waals surface area contributed by atoms with E-state index in [0.29, 0.717) is 11.3 Å². The average Bonchev–Trinajstić information content (AvgIpc) is 2.35. The summed E-state index contributed by atoms with van der Waals surface area (Å²) in [6.07, 6.45) is 0. The predicted molar refractivity (Wildman–Crippen MR) is 66.2 cm³/mol. The van der Waals surface area contributed by atoms with Crippen molar-refractivity contribution >= 4 is 5.91 Å². The summed E-state index contributed by atoms with van der Waals surface area (Å²) in [6, 6.07) is 6.77. The van der Waals surface area contributed by atoms with Crippen molar-refractivity contribution in [2.45, 2.75) is 19.9 Å². The molecule has 0 saturated heterocycles. The number of aliphatic hydroxyl groups is 1. The number of hydrogen-bond donors (Lipinski definition) is 2. The van der Waals surface area contributed by atoms with Crippen LogP contribution in [0.4, 0.5) is 0 Å². The second-order valence-corrected chi connectivity index (χ2v) is 4.21. The Hall–Kier alpha value is -1.55. The smallest absolute Gasteiger partial charge is 0.255 e. The van der Waals surface area contributed by atoms with Gasteiger partial charge in [0.25, 0.3) is 5.91 Å². The summed E-state index contributed by atoms with van der Waals surface area (Å²) >= 11 is 0. The molecule has 0 spiro atoms. The first-order chi connectivity index (χ1) is 8.10. The molecule has 0 aliphatic carbocycles. The van der Waals surface area contributed by atoms with Gasteiger partial charge in [0.15, 0.2) is 0 Å². The molecule has 4 nitrogen and oxygen atoms in total. The summed E-state index contributed by atoms with van der Waals surface area (Å²) < 4.78 is 5.12. The molecule has 1 aromatic rings. The second-order valence-electron chi connectivity index (χ2n) is 4.21. The quantitative estimate of drug-likeness (QED) is 0.814. The highest BCUT2D eigenvalue weighted by Crippen LogP contribution is 2.17. The minimum atomic E-state index is -0.243. The summed E-state index contributed by atoms with van der Waals surface area (Å²) in [5.74, 6) is 0.485. The van der Waals surface area contributed by atoms with Crippen LogP contribution in [0.5, 0.6) is 5.75 Å². The molecule has 0 fully saturated rings. The molecule has 1 atom stereocenters. The maximum absolute atomic E-state index is 12.0. The maximum atomic E-state index is 12.0. The van der Waals surface area contributed by atoms with E-state index in [0.717, 1.165) is 0 Å². The van der Waals surface area contributed by atoms with Crippen molar-refractivity contribution in [3.63, 3.8) is 0 Å². The van der Waals surface area contributed by atoms with Crippen molar-refractivity contribution in [2.24, 2.45) is 5.92 Å². The fourth-order valence-electron chi connectivity index (χ4n) is 1.50. The third-order valence-electron chi connectivity index (χ3n) is 2.67. The standard InChI is InChI=1S/C13H19NO3/c1-9(2)11(8-15)14-13(16)10-6-4-5-7-12(10)17-3/h4-7,9,11,15H,8H2,1-3H3,(H,14,16)/t11-/m1/s1. The molecule has 0 unspecified atom stereocenters. The first kappa shape index (κ1) is 13.5. The number of para-hydroxylation sites is 1. The molecule has 17 heavy (non-hydrogen) atoms. The molecule has 1 amide bonds. The zero-order valence-electron chi connectivity index (χ0n) is 10.4. The Kier molecular flexibility index (Phi) is 4.97. The van der Waals surface area contributed by atoms with Gasteiger partial charge < -0.3 is 15.2 Å². The van der Waals surface area contributed by atoms with E-state index in [9.17, 15) is 9.90 Å². The fourth-order valence-corrected chi connectivity index (χ4v) is 1.50. The Bertz CT molecular complexity index is 377. The number of nitrogens with one attached hydrogen (secondary N) is 1. The monoisotopic (exact) mass is 237 g/mol. The zero-order chi connectivity index (χ0) is 12.8. The normalized spacial score (nSPS) is 12.3. The van der Waals surface area contributed by atoms with Gasteiger partial charge in [-0.15, -0.1) is 0 Å². The van der Waals surface area contributed by atoms with Crippen molar-refractivity contribution < 1.29 is 14.6 Å². The summed E-state index contributed by atoms with van der Waals surface area (Å²) in [5, 5.41) is 12.0. The minimum absolute atomic E-state index is 0.0709. The van der Waals surface area contributed by atoms with Crippen molar-refractivity contribution in [2.75, 3.05) is 13.7 Å². The van der Waals surface area contributed by atoms with Gasteiger partial charge in [-0.05, 0) is 18.1 Å². The van der Waals surface area contributed by atoms with Crippen LogP contribution < -0.4 is 10.1 Å². The summed E-state index contributed by atoms with van der Waals surface area (Å²) in [4.78, 5) is 12.0. The van der Waals surface area contributed by atoms with Gasteiger partial charge in [0.1, 0.15) is 5.75 Å². The molecular weight excluding hydrogens is 218 g/mol. The van der Waals surface area contributed by atoms with Crippen molar-refractivity contribution in [1.82, 2.24) is 5.32 Å². The predicted octanol–water partition coefficient (Wildman–Crippen LogP) is 1.44. The van der Waals surface area contributed by atoms with Crippen LogP contribution in [0.25, 0.3) is 0 Å². The van der Waals surface area contributed by atoms with E-state index in [1.807, 2.05) is 19.9 Å². The molecule has 0 aromatic heterocycles. The number of aliphatic hydroxyl groups excluding tert-OH is 1. The molecule has 0 aliphatic heterocycles.